The third-order valence-corrected chi connectivity index (χ3v) is 3.44. The number of imide groups is 2. The van der Waals surface area contributed by atoms with Gasteiger partial charge in [-0.15, -0.1) is 0 Å². The molecule has 3 N–H and O–H groups in total. The van der Waals surface area contributed by atoms with Gasteiger partial charge in [0.15, 0.2) is 0 Å². The molecule has 0 aromatic rings. The minimum absolute atomic E-state index is 0.0169. The average molecular weight is 277 g/mol. The van der Waals surface area contributed by atoms with Crippen LogP contribution in [0, 0.1) is 0 Å². The minimum atomic E-state index is -0.943. The van der Waals surface area contributed by atoms with Crippen molar-refractivity contribution in [1.29, 1.82) is 0 Å². The first-order valence-corrected chi connectivity index (χ1v) is 6.27. The molecular formula is C13H15N3O4. The summed E-state index contributed by atoms with van der Waals surface area (Å²) in [6.07, 6.45) is 3.05. The van der Waals surface area contributed by atoms with Crippen LogP contribution < -0.4 is 11.1 Å². The number of hydrogen-bond donors (Lipinski definition) is 2. The monoisotopic (exact) mass is 277 g/mol. The lowest BCUT2D eigenvalue weighted by molar-refractivity contribution is -0.154. The van der Waals surface area contributed by atoms with E-state index in [4.69, 9.17) is 5.73 Å². The first-order chi connectivity index (χ1) is 9.49. The molecule has 2 heterocycles. The molecular weight excluding hydrogens is 262 g/mol. The summed E-state index contributed by atoms with van der Waals surface area (Å²) in [4.78, 5) is 48.2. The van der Waals surface area contributed by atoms with Gasteiger partial charge < -0.3 is 5.73 Å². The largest absolute Gasteiger partial charge is 0.404 e. The molecule has 7 nitrogen and oxygen atoms in total. The van der Waals surface area contributed by atoms with Crippen LogP contribution in [0.25, 0.3) is 0 Å². The Morgan fingerprint density at radius 3 is 2.55 bits per heavy atom. The van der Waals surface area contributed by atoms with Gasteiger partial charge in [-0.1, -0.05) is 6.08 Å². The fourth-order valence-electron chi connectivity index (χ4n) is 2.40. The van der Waals surface area contributed by atoms with Crippen molar-refractivity contribution in [3.05, 3.63) is 23.4 Å². The van der Waals surface area contributed by atoms with Crippen LogP contribution in [0.3, 0.4) is 0 Å². The second kappa shape index (κ2) is 5.28. The number of hydrogen-bond acceptors (Lipinski definition) is 5. The maximum atomic E-state index is 12.3. The lowest BCUT2D eigenvalue weighted by Crippen LogP contribution is -2.58. The molecule has 2 fully saturated rings. The second-order valence-electron chi connectivity index (χ2n) is 4.61. The van der Waals surface area contributed by atoms with E-state index >= 15 is 0 Å². The van der Waals surface area contributed by atoms with Crippen LogP contribution in [0.1, 0.15) is 26.2 Å². The zero-order valence-corrected chi connectivity index (χ0v) is 11.0. The molecule has 0 aliphatic carbocycles. The highest BCUT2D eigenvalue weighted by atomic mass is 16.2. The number of nitrogens with two attached hydrogens (primary N) is 1. The number of likely N-dealkylation sites (tertiary alicyclic amines) is 1. The Hall–Kier alpha value is -2.44. The molecule has 1 unspecified atom stereocenters. The van der Waals surface area contributed by atoms with E-state index in [0.29, 0.717) is 5.57 Å². The number of allylic oxidation sites excluding steroid dienone is 1. The van der Waals surface area contributed by atoms with E-state index in [1.807, 2.05) is 0 Å². The fourth-order valence-corrected chi connectivity index (χ4v) is 2.40. The van der Waals surface area contributed by atoms with Gasteiger partial charge in [-0.2, -0.15) is 0 Å². The van der Waals surface area contributed by atoms with Crippen molar-refractivity contribution in [3.8, 4) is 0 Å². The summed E-state index contributed by atoms with van der Waals surface area (Å²) >= 11 is 0. The van der Waals surface area contributed by atoms with Crippen LogP contribution in [-0.2, 0) is 19.2 Å². The van der Waals surface area contributed by atoms with Crippen LogP contribution in [0.5, 0.6) is 0 Å². The highest BCUT2D eigenvalue weighted by molar-refractivity contribution is 6.15. The number of piperidine rings is 2. The van der Waals surface area contributed by atoms with Gasteiger partial charge in [0.1, 0.15) is 6.04 Å². The Balaban J connectivity index is 2.32. The quantitative estimate of drug-likeness (QED) is 0.488. The van der Waals surface area contributed by atoms with Crippen LogP contribution in [0.15, 0.2) is 23.4 Å². The first kappa shape index (κ1) is 14.0. The molecule has 2 aliphatic rings. The van der Waals surface area contributed by atoms with Crippen molar-refractivity contribution in [2.75, 3.05) is 0 Å². The number of carbonyl (C=O) groups excluding carboxylic acids is 4. The van der Waals surface area contributed by atoms with Gasteiger partial charge >= 0.3 is 0 Å². The maximum absolute atomic E-state index is 12.3. The highest BCUT2D eigenvalue weighted by Crippen LogP contribution is 2.27. The van der Waals surface area contributed by atoms with Gasteiger partial charge in [0, 0.05) is 12.6 Å². The van der Waals surface area contributed by atoms with Crippen molar-refractivity contribution in [1.82, 2.24) is 10.2 Å². The molecule has 0 aromatic carbocycles. The highest BCUT2D eigenvalue weighted by Gasteiger charge is 2.42. The van der Waals surface area contributed by atoms with Gasteiger partial charge in [-0.25, -0.2) is 0 Å². The molecule has 0 bridgehead atoms. The molecule has 2 saturated heterocycles. The SMILES string of the molecule is C/C=C1/CC(=O)N(C2CCC(=O)NC2=O)C(=O)/C1=C/N. The Bertz CT molecular complexity index is 562. The van der Waals surface area contributed by atoms with Gasteiger partial charge in [0.2, 0.25) is 17.7 Å². The standard InChI is InChI=1S/C13H15N3O4/c1-2-7-5-11(18)16(13(20)8(7)6-14)9-3-4-10(17)15-12(9)19/h2,6,9H,3-5,14H2,1H3,(H,15,17,19)/b7-2-,8-6+. The van der Waals surface area contributed by atoms with Gasteiger partial charge in [-0.3, -0.25) is 29.4 Å². The molecule has 0 saturated carbocycles. The number of amides is 4. The normalized spacial score (nSPS) is 28.2. The third-order valence-electron chi connectivity index (χ3n) is 3.44. The molecule has 2 rings (SSSR count). The van der Waals surface area contributed by atoms with Crippen LogP contribution in [0.4, 0.5) is 0 Å². The number of nitrogens with one attached hydrogen (secondary N) is 1. The van der Waals surface area contributed by atoms with Crippen molar-refractivity contribution in [2.24, 2.45) is 5.73 Å². The second-order valence-corrected chi connectivity index (χ2v) is 4.61. The Kier molecular flexibility index (Phi) is 3.69. The van der Waals surface area contributed by atoms with Crippen molar-refractivity contribution < 1.29 is 19.2 Å². The molecule has 7 heteroatoms. The average Bonchev–Trinajstić information content (AvgIpc) is 2.40. The smallest absolute Gasteiger partial charge is 0.262 e. The fraction of sp³-hybridized carbons (Fsp3) is 0.385. The zero-order valence-electron chi connectivity index (χ0n) is 11.0. The topological polar surface area (TPSA) is 110 Å². The van der Waals surface area contributed by atoms with Gasteiger partial charge in [0.05, 0.1) is 12.0 Å². The summed E-state index contributed by atoms with van der Waals surface area (Å²) in [5.74, 6) is -2.07. The lowest BCUT2D eigenvalue weighted by Gasteiger charge is -2.35. The van der Waals surface area contributed by atoms with E-state index in [2.05, 4.69) is 5.32 Å². The van der Waals surface area contributed by atoms with Crippen LogP contribution >= 0.6 is 0 Å². The molecule has 0 radical (unpaired) electrons. The molecule has 0 spiro atoms. The van der Waals surface area contributed by atoms with Gasteiger partial charge in [0.25, 0.3) is 5.91 Å². The van der Waals surface area contributed by atoms with Gasteiger partial charge in [-0.05, 0) is 18.9 Å². The minimum Gasteiger partial charge on any atom is -0.404 e. The van der Waals surface area contributed by atoms with E-state index in [1.54, 1.807) is 13.0 Å². The van der Waals surface area contributed by atoms with Crippen LogP contribution in [0.2, 0.25) is 0 Å². The summed E-state index contributed by atoms with van der Waals surface area (Å²) < 4.78 is 0. The predicted octanol–water partition coefficient (Wildman–Crippen LogP) is -0.661. The van der Waals surface area contributed by atoms with E-state index in [-0.39, 0.29) is 24.8 Å². The lowest BCUT2D eigenvalue weighted by atomic mass is 9.93. The Morgan fingerprint density at radius 2 is 2.00 bits per heavy atom. The summed E-state index contributed by atoms with van der Waals surface area (Å²) in [5.41, 5.74) is 6.20. The maximum Gasteiger partial charge on any atom is 0.262 e. The zero-order chi connectivity index (χ0) is 14.9. The van der Waals surface area contributed by atoms with Crippen LogP contribution in [-0.4, -0.2) is 34.6 Å². The summed E-state index contributed by atoms with van der Waals surface area (Å²) in [7, 11) is 0. The van der Waals surface area contributed by atoms with E-state index in [9.17, 15) is 19.2 Å². The molecule has 106 valence electrons. The summed E-state index contributed by atoms with van der Waals surface area (Å²) in [6.45, 7) is 1.71. The first-order valence-electron chi connectivity index (χ1n) is 6.27. The molecule has 20 heavy (non-hydrogen) atoms. The van der Waals surface area contributed by atoms with Crippen molar-refractivity contribution in [3.63, 3.8) is 0 Å². The van der Waals surface area contributed by atoms with E-state index in [0.717, 1.165) is 11.1 Å². The van der Waals surface area contributed by atoms with Crippen molar-refractivity contribution >= 4 is 23.6 Å². The molecule has 1 atom stereocenters. The predicted molar refractivity (Wildman–Crippen MR) is 68.7 cm³/mol. The molecule has 0 aromatic heterocycles. The van der Waals surface area contributed by atoms with E-state index < -0.39 is 29.7 Å². The summed E-state index contributed by atoms with van der Waals surface area (Å²) in [6, 6.07) is -0.943. The number of carbonyl (C=O) groups is 4. The Labute approximate surface area is 115 Å². The third kappa shape index (κ3) is 2.22. The molecule has 2 aliphatic heterocycles. The molecule has 4 amide bonds. The number of nitrogens with zero attached hydrogens (tertiary/aromatic N) is 1. The Morgan fingerprint density at radius 1 is 1.30 bits per heavy atom. The number of rotatable bonds is 1. The summed E-state index contributed by atoms with van der Waals surface area (Å²) in [5, 5.41) is 2.14. The van der Waals surface area contributed by atoms with Crippen molar-refractivity contribution in [2.45, 2.75) is 32.2 Å². The van der Waals surface area contributed by atoms with E-state index in [1.165, 1.54) is 0 Å².